The van der Waals surface area contributed by atoms with Crippen molar-refractivity contribution in [2.45, 2.75) is 18.8 Å². The average Bonchev–Trinajstić information content (AvgIpc) is 2.73. The number of carboxylic acid groups (broad SMARTS) is 1. The molecule has 0 radical (unpaired) electrons. The van der Waals surface area contributed by atoms with Gasteiger partial charge in [-0.25, -0.2) is 4.79 Å². The molecule has 1 fully saturated rings. The lowest BCUT2D eigenvalue weighted by molar-refractivity contribution is 0.0687. The summed E-state index contributed by atoms with van der Waals surface area (Å²) in [5.41, 5.74) is 1.83. The zero-order valence-corrected chi connectivity index (χ0v) is 14.9. The number of nitrogens with zero attached hydrogens (tertiary/aromatic N) is 1. The van der Waals surface area contributed by atoms with Crippen molar-refractivity contribution in [3.05, 3.63) is 59.2 Å². The number of hydrogen-bond donors (Lipinski definition) is 1. The summed E-state index contributed by atoms with van der Waals surface area (Å²) in [5.74, 6) is 0.441. The van der Waals surface area contributed by atoms with E-state index in [1.807, 2.05) is 11.0 Å². The lowest BCUT2D eigenvalue weighted by Gasteiger charge is -2.33. The molecule has 1 saturated heterocycles. The Labute approximate surface area is 157 Å². The molecule has 0 aliphatic carbocycles. The standard InChI is InChI=1S/C21H21NO5/c23-20(15-6-7-18-19(12-15)27-10-9-26-18)22-8-2-5-17(13-22)14-3-1-4-16(11-14)21(24)25/h1,3-4,6-7,11-12,17H,2,5,8-10,13H2,(H,24,25)/t17-/m0/s1. The number of hydrogen-bond acceptors (Lipinski definition) is 4. The number of amides is 1. The molecule has 0 spiro atoms. The van der Waals surface area contributed by atoms with Crippen molar-refractivity contribution in [1.82, 2.24) is 4.90 Å². The molecule has 27 heavy (non-hydrogen) atoms. The first-order chi connectivity index (χ1) is 13.1. The Kier molecular flexibility index (Phi) is 4.71. The number of ether oxygens (including phenoxy) is 2. The van der Waals surface area contributed by atoms with Gasteiger partial charge in [-0.15, -0.1) is 0 Å². The van der Waals surface area contributed by atoms with Crippen LogP contribution in [0.2, 0.25) is 0 Å². The van der Waals surface area contributed by atoms with Gasteiger partial charge in [0, 0.05) is 24.6 Å². The molecule has 1 atom stereocenters. The van der Waals surface area contributed by atoms with Gasteiger partial charge < -0.3 is 19.5 Å². The van der Waals surface area contributed by atoms with Gasteiger partial charge in [0.05, 0.1) is 5.56 Å². The number of piperidine rings is 1. The van der Waals surface area contributed by atoms with Gasteiger partial charge in [-0.2, -0.15) is 0 Å². The maximum atomic E-state index is 13.0. The fourth-order valence-electron chi connectivity index (χ4n) is 3.72. The Balaban J connectivity index is 1.52. The quantitative estimate of drug-likeness (QED) is 0.902. The van der Waals surface area contributed by atoms with Crippen LogP contribution in [0.15, 0.2) is 42.5 Å². The van der Waals surface area contributed by atoms with E-state index >= 15 is 0 Å². The van der Waals surface area contributed by atoms with Crippen LogP contribution in [0.4, 0.5) is 0 Å². The van der Waals surface area contributed by atoms with Crippen LogP contribution < -0.4 is 9.47 Å². The summed E-state index contributed by atoms with van der Waals surface area (Å²) < 4.78 is 11.1. The molecule has 2 heterocycles. The van der Waals surface area contributed by atoms with Crippen LogP contribution in [0.5, 0.6) is 11.5 Å². The van der Waals surface area contributed by atoms with Crippen LogP contribution in [-0.4, -0.2) is 48.2 Å². The minimum absolute atomic E-state index is 0.0361. The summed E-state index contributed by atoms with van der Waals surface area (Å²) in [7, 11) is 0. The molecule has 2 aliphatic rings. The van der Waals surface area contributed by atoms with E-state index in [0.717, 1.165) is 18.4 Å². The summed E-state index contributed by atoms with van der Waals surface area (Å²) in [6.07, 6.45) is 1.83. The molecule has 2 aromatic carbocycles. The van der Waals surface area contributed by atoms with E-state index in [1.165, 1.54) is 0 Å². The van der Waals surface area contributed by atoms with Gasteiger partial charge in [0.25, 0.3) is 5.91 Å². The molecule has 140 valence electrons. The van der Waals surface area contributed by atoms with E-state index in [0.29, 0.717) is 43.4 Å². The molecular weight excluding hydrogens is 346 g/mol. The minimum atomic E-state index is -0.933. The first-order valence-corrected chi connectivity index (χ1v) is 9.14. The van der Waals surface area contributed by atoms with Crippen LogP contribution in [0.3, 0.4) is 0 Å². The van der Waals surface area contributed by atoms with Crippen LogP contribution in [0.1, 0.15) is 45.0 Å². The van der Waals surface area contributed by atoms with Gasteiger partial charge in [0.2, 0.25) is 0 Å². The highest BCUT2D eigenvalue weighted by atomic mass is 16.6. The Morgan fingerprint density at radius 1 is 1.00 bits per heavy atom. The Morgan fingerprint density at radius 2 is 1.81 bits per heavy atom. The van der Waals surface area contributed by atoms with Crippen LogP contribution in [-0.2, 0) is 0 Å². The van der Waals surface area contributed by atoms with Crippen LogP contribution in [0.25, 0.3) is 0 Å². The number of rotatable bonds is 3. The maximum Gasteiger partial charge on any atom is 0.335 e. The Bertz CT molecular complexity index is 879. The second-order valence-electron chi connectivity index (χ2n) is 6.88. The number of carbonyl (C=O) groups is 2. The largest absolute Gasteiger partial charge is 0.486 e. The molecule has 2 aliphatic heterocycles. The molecule has 0 saturated carbocycles. The number of benzene rings is 2. The first-order valence-electron chi connectivity index (χ1n) is 9.14. The molecule has 0 aromatic heterocycles. The van der Waals surface area contributed by atoms with Gasteiger partial charge in [-0.05, 0) is 48.7 Å². The predicted octanol–water partition coefficient (Wildman–Crippen LogP) is 3.18. The second-order valence-corrected chi connectivity index (χ2v) is 6.88. The third kappa shape index (κ3) is 3.60. The van der Waals surface area contributed by atoms with Gasteiger partial charge in [-0.3, -0.25) is 4.79 Å². The Hall–Kier alpha value is -3.02. The number of aromatic carboxylic acids is 1. The maximum absolute atomic E-state index is 13.0. The highest BCUT2D eigenvalue weighted by Crippen LogP contribution is 2.32. The summed E-state index contributed by atoms with van der Waals surface area (Å²) in [6.45, 7) is 2.28. The summed E-state index contributed by atoms with van der Waals surface area (Å²) in [6, 6.07) is 12.3. The van der Waals surface area contributed by atoms with E-state index in [-0.39, 0.29) is 17.4 Å². The van der Waals surface area contributed by atoms with Crippen molar-refractivity contribution < 1.29 is 24.2 Å². The third-order valence-corrected chi connectivity index (χ3v) is 5.10. The SMILES string of the molecule is O=C(O)c1cccc([C@H]2CCCN(C(=O)c3ccc4c(c3)OCCO4)C2)c1. The molecule has 0 bridgehead atoms. The van der Waals surface area contributed by atoms with Crippen LogP contribution in [0, 0.1) is 0 Å². The molecule has 2 aromatic rings. The van der Waals surface area contributed by atoms with E-state index in [1.54, 1.807) is 36.4 Å². The fraction of sp³-hybridized carbons (Fsp3) is 0.333. The summed E-state index contributed by atoms with van der Waals surface area (Å²) >= 11 is 0. The topological polar surface area (TPSA) is 76.1 Å². The fourth-order valence-corrected chi connectivity index (χ4v) is 3.72. The molecule has 0 unspecified atom stereocenters. The number of fused-ring (bicyclic) bond motifs is 1. The highest BCUT2D eigenvalue weighted by Gasteiger charge is 2.27. The Morgan fingerprint density at radius 3 is 2.63 bits per heavy atom. The number of likely N-dealkylation sites (tertiary alicyclic amines) is 1. The molecule has 6 nitrogen and oxygen atoms in total. The van der Waals surface area contributed by atoms with Crippen molar-refractivity contribution in [2.24, 2.45) is 0 Å². The first kappa shape index (κ1) is 17.4. The molecular formula is C21H21NO5. The molecule has 6 heteroatoms. The van der Waals surface area contributed by atoms with Crippen molar-refractivity contribution in [1.29, 1.82) is 0 Å². The highest BCUT2D eigenvalue weighted by molar-refractivity contribution is 5.95. The van der Waals surface area contributed by atoms with E-state index in [2.05, 4.69) is 0 Å². The normalized spacial score (nSPS) is 18.8. The van der Waals surface area contributed by atoms with Crippen molar-refractivity contribution >= 4 is 11.9 Å². The lowest BCUT2D eigenvalue weighted by Crippen LogP contribution is -2.39. The predicted molar refractivity (Wildman–Crippen MR) is 98.7 cm³/mol. The van der Waals surface area contributed by atoms with Gasteiger partial charge in [0.1, 0.15) is 13.2 Å². The lowest BCUT2D eigenvalue weighted by atomic mass is 9.89. The van der Waals surface area contributed by atoms with Gasteiger partial charge >= 0.3 is 5.97 Å². The zero-order chi connectivity index (χ0) is 18.8. The summed E-state index contributed by atoms with van der Waals surface area (Å²) in [5, 5.41) is 9.21. The second kappa shape index (κ2) is 7.31. The zero-order valence-electron chi connectivity index (χ0n) is 14.9. The monoisotopic (exact) mass is 367 g/mol. The number of carbonyl (C=O) groups excluding carboxylic acids is 1. The van der Waals surface area contributed by atoms with E-state index < -0.39 is 5.97 Å². The minimum Gasteiger partial charge on any atom is -0.486 e. The smallest absolute Gasteiger partial charge is 0.335 e. The van der Waals surface area contributed by atoms with Crippen molar-refractivity contribution in [2.75, 3.05) is 26.3 Å². The van der Waals surface area contributed by atoms with E-state index in [4.69, 9.17) is 9.47 Å². The van der Waals surface area contributed by atoms with Crippen molar-refractivity contribution in [3.63, 3.8) is 0 Å². The van der Waals surface area contributed by atoms with Gasteiger partial charge in [-0.1, -0.05) is 12.1 Å². The van der Waals surface area contributed by atoms with Gasteiger partial charge in [0.15, 0.2) is 11.5 Å². The van der Waals surface area contributed by atoms with Crippen molar-refractivity contribution in [3.8, 4) is 11.5 Å². The third-order valence-electron chi connectivity index (χ3n) is 5.10. The molecule has 1 N–H and O–H groups in total. The summed E-state index contributed by atoms with van der Waals surface area (Å²) in [4.78, 5) is 26.0. The van der Waals surface area contributed by atoms with E-state index in [9.17, 15) is 14.7 Å². The molecule has 4 rings (SSSR count). The molecule has 1 amide bonds. The van der Waals surface area contributed by atoms with Crippen LogP contribution >= 0.6 is 0 Å². The number of carboxylic acids is 1. The average molecular weight is 367 g/mol.